The summed E-state index contributed by atoms with van der Waals surface area (Å²) in [5, 5.41) is 9.92. The van der Waals surface area contributed by atoms with Gasteiger partial charge in [0.05, 0.1) is 31.4 Å². The molecule has 7 heteroatoms. The van der Waals surface area contributed by atoms with Crippen LogP contribution < -0.4 is 9.64 Å². The molecule has 1 aliphatic heterocycles. The summed E-state index contributed by atoms with van der Waals surface area (Å²) in [6.45, 7) is 8.58. The average molecular weight is 437 g/mol. The molecule has 2 aromatic rings. The van der Waals surface area contributed by atoms with E-state index < -0.39 is 0 Å². The highest BCUT2D eigenvalue weighted by atomic mass is 16.5. The molecule has 0 saturated carbocycles. The SMILES string of the molecule is COCCC(=O)N1CCN(c2nc(C(C)C)c(-c3ccc(OC)cc3)cc2C#N)C[C@H]1C. The standard InChI is InChI=1S/C25H32N4O3/c1-17(2)24-22(19-6-8-21(32-5)9-7-19)14-20(15-26)25(27-24)28-11-12-29(18(3)16-28)23(30)10-13-31-4/h6-9,14,17-18H,10-13,16H2,1-5H3/t18-/m1/s1. The van der Waals surface area contributed by atoms with Crippen LogP contribution in [0.25, 0.3) is 11.1 Å². The summed E-state index contributed by atoms with van der Waals surface area (Å²) in [4.78, 5) is 21.5. The fourth-order valence-electron chi connectivity index (χ4n) is 4.14. The van der Waals surface area contributed by atoms with Gasteiger partial charge in [-0.25, -0.2) is 4.98 Å². The second-order valence-electron chi connectivity index (χ2n) is 8.41. The lowest BCUT2D eigenvalue weighted by atomic mass is 9.95. The number of carbonyl (C=O) groups is 1. The number of methoxy groups -OCH3 is 2. The van der Waals surface area contributed by atoms with Crippen LogP contribution in [0.2, 0.25) is 0 Å². The molecule has 2 heterocycles. The highest BCUT2D eigenvalue weighted by Crippen LogP contribution is 2.34. The molecule has 0 radical (unpaired) electrons. The molecule has 0 aliphatic carbocycles. The van der Waals surface area contributed by atoms with E-state index in [1.165, 1.54) is 0 Å². The van der Waals surface area contributed by atoms with E-state index in [1.54, 1.807) is 14.2 Å². The maximum Gasteiger partial charge on any atom is 0.225 e. The number of hydrogen-bond acceptors (Lipinski definition) is 6. The minimum absolute atomic E-state index is 0.0326. The van der Waals surface area contributed by atoms with Crippen LogP contribution in [0.3, 0.4) is 0 Å². The monoisotopic (exact) mass is 436 g/mol. The van der Waals surface area contributed by atoms with Crippen molar-refractivity contribution in [3.8, 4) is 22.9 Å². The van der Waals surface area contributed by atoms with Gasteiger partial charge in [-0.3, -0.25) is 4.79 Å². The quantitative estimate of drug-likeness (QED) is 0.656. The maximum atomic E-state index is 12.5. The van der Waals surface area contributed by atoms with E-state index in [1.807, 2.05) is 42.2 Å². The van der Waals surface area contributed by atoms with Crippen LogP contribution in [-0.2, 0) is 9.53 Å². The number of amides is 1. The van der Waals surface area contributed by atoms with Crippen molar-refractivity contribution >= 4 is 11.7 Å². The number of aromatic nitrogens is 1. The Labute approximate surface area is 190 Å². The molecule has 0 spiro atoms. The van der Waals surface area contributed by atoms with Crippen molar-refractivity contribution < 1.29 is 14.3 Å². The van der Waals surface area contributed by atoms with Crippen molar-refractivity contribution in [1.82, 2.24) is 9.88 Å². The zero-order valence-electron chi connectivity index (χ0n) is 19.6. The van der Waals surface area contributed by atoms with Crippen molar-refractivity contribution in [3.05, 3.63) is 41.6 Å². The zero-order valence-corrected chi connectivity index (χ0v) is 19.6. The van der Waals surface area contributed by atoms with Gasteiger partial charge < -0.3 is 19.3 Å². The van der Waals surface area contributed by atoms with Gasteiger partial charge in [0, 0.05) is 38.3 Å². The molecule has 3 rings (SSSR count). The van der Waals surface area contributed by atoms with Gasteiger partial charge in [0.1, 0.15) is 17.6 Å². The first-order chi connectivity index (χ1) is 15.4. The zero-order chi connectivity index (χ0) is 23.3. The Kier molecular flexibility index (Phi) is 7.70. The van der Waals surface area contributed by atoms with E-state index in [0.717, 1.165) is 22.6 Å². The third-order valence-corrected chi connectivity index (χ3v) is 5.87. The smallest absolute Gasteiger partial charge is 0.225 e. The molecule has 0 bridgehead atoms. The van der Waals surface area contributed by atoms with Crippen LogP contribution >= 0.6 is 0 Å². The van der Waals surface area contributed by atoms with Gasteiger partial charge in [0.25, 0.3) is 0 Å². The Hall–Kier alpha value is -3.11. The number of ether oxygens (including phenoxy) is 2. The number of hydrogen-bond donors (Lipinski definition) is 0. The van der Waals surface area contributed by atoms with Crippen LogP contribution in [0.4, 0.5) is 5.82 Å². The van der Waals surface area contributed by atoms with Crippen LogP contribution in [0.15, 0.2) is 30.3 Å². The molecule has 1 atom stereocenters. The topological polar surface area (TPSA) is 78.7 Å². The molecular weight excluding hydrogens is 404 g/mol. The number of nitriles is 1. The number of nitrogens with zero attached hydrogens (tertiary/aromatic N) is 4. The first-order valence-electron chi connectivity index (χ1n) is 11.0. The van der Waals surface area contributed by atoms with Gasteiger partial charge >= 0.3 is 0 Å². The molecule has 32 heavy (non-hydrogen) atoms. The normalized spacial score (nSPS) is 16.2. The van der Waals surface area contributed by atoms with Gasteiger partial charge in [-0.1, -0.05) is 26.0 Å². The van der Waals surface area contributed by atoms with Gasteiger partial charge in [-0.2, -0.15) is 5.26 Å². The van der Waals surface area contributed by atoms with Crippen LogP contribution in [0.1, 0.15) is 44.4 Å². The van der Waals surface area contributed by atoms with Crippen molar-refractivity contribution in [1.29, 1.82) is 5.26 Å². The number of rotatable bonds is 7. The third-order valence-electron chi connectivity index (χ3n) is 5.87. The minimum Gasteiger partial charge on any atom is -0.497 e. The predicted octanol–water partition coefficient (Wildman–Crippen LogP) is 3.83. The molecule has 1 amide bonds. The summed E-state index contributed by atoms with van der Waals surface area (Å²) in [5.74, 6) is 1.78. The number of carbonyl (C=O) groups excluding carboxylic acids is 1. The highest BCUT2D eigenvalue weighted by molar-refractivity contribution is 5.77. The van der Waals surface area contributed by atoms with Crippen LogP contribution in [-0.4, -0.2) is 62.3 Å². The Morgan fingerprint density at radius 1 is 1.25 bits per heavy atom. The lowest BCUT2D eigenvalue weighted by Crippen LogP contribution is -2.54. The van der Waals surface area contributed by atoms with Gasteiger partial charge in [-0.05, 0) is 36.6 Å². The van der Waals surface area contributed by atoms with Gasteiger partial charge in [0.15, 0.2) is 0 Å². The van der Waals surface area contributed by atoms with Crippen molar-refractivity contribution in [3.63, 3.8) is 0 Å². The Morgan fingerprint density at radius 3 is 2.53 bits per heavy atom. The fraction of sp³-hybridized carbons (Fsp3) is 0.480. The Balaban J connectivity index is 1.91. The number of pyridine rings is 1. The molecule has 1 saturated heterocycles. The predicted molar refractivity (Wildman–Crippen MR) is 125 cm³/mol. The van der Waals surface area contributed by atoms with E-state index in [4.69, 9.17) is 14.5 Å². The minimum atomic E-state index is 0.0326. The summed E-state index contributed by atoms with van der Waals surface area (Å²) in [7, 11) is 3.25. The second-order valence-corrected chi connectivity index (χ2v) is 8.41. The summed E-state index contributed by atoms with van der Waals surface area (Å²) < 4.78 is 10.3. The van der Waals surface area contributed by atoms with Crippen LogP contribution in [0, 0.1) is 11.3 Å². The molecule has 7 nitrogen and oxygen atoms in total. The largest absolute Gasteiger partial charge is 0.497 e. The molecule has 1 aromatic heterocycles. The van der Waals surface area contributed by atoms with Crippen molar-refractivity contribution in [2.45, 2.75) is 39.2 Å². The number of anilines is 1. The van der Waals surface area contributed by atoms with E-state index in [0.29, 0.717) is 44.0 Å². The fourth-order valence-corrected chi connectivity index (χ4v) is 4.14. The Morgan fingerprint density at radius 2 is 1.97 bits per heavy atom. The molecule has 1 aliphatic rings. The second kappa shape index (κ2) is 10.5. The van der Waals surface area contributed by atoms with E-state index in [2.05, 4.69) is 24.8 Å². The lowest BCUT2D eigenvalue weighted by Gasteiger charge is -2.41. The van der Waals surface area contributed by atoms with Crippen LogP contribution in [0.5, 0.6) is 5.75 Å². The Bertz CT molecular complexity index is 982. The number of piperazine rings is 1. The van der Waals surface area contributed by atoms with Crippen molar-refractivity contribution in [2.24, 2.45) is 0 Å². The maximum absolute atomic E-state index is 12.5. The highest BCUT2D eigenvalue weighted by Gasteiger charge is 2.29. The summed E-state index contributed by atoms with van der Waals surface area (Å²) >= 11 is 0. The first kappa shape index (κ1) is 23.6. The number of benzene rings is 1. The molecule has 0 unspecified atom stereocenters. The first-order valence-corrected chi connectivity index (χ1v) is 11.0. The average Bonchev–Trinajstić information content (AvgIpc) is 2.81. The molecule has 1 aromatic carbocycles. The summed E-state index contributed by atoms with van der Waals surface area (Å²) in [6, 6.07) is 12.1. The van der Waals surface area contributed by atoms with Gasteiger partial charge in [0.2, 0.25) is 5.91 Å². The van der Waals surface area contributed by atoms with Gasteiger partial charge in [-0.15, -0.1) is 0 Å². The third kappa shape index (κ3) is 5.03. The molecular formula is C25H32N4O3. The van der Waals surface area contributed by atoms with Crippen molar-refractivity contribution in [2.75, 3.05) is 45.4 Å². The summed E-state index contributed by atoms with van der Waals surface area (Å²) in [5.41, 5.74) is 3.47. The molecule has 0 N–H and O–H groups in total. The lowest BCUT2D eigenvalue weighted by molar-refractivity contribution is -0.134. The summed E-state index contributed by atoms with van der Waals surface area (Å²) in [6.07, 6.45) is 0.386. The van der Waals surface area contributed by atoms with E-state index in [-0.39, 0.29) is 17.9 Å². The van der Waals surface area contributed by atoms with E-state index in [9.17, 15) is 10.1 Å². The van der Waals surface area contributed by atoms with E-state index >= 15 is 0 Å². The molecule has 170 valence electrons. The molecule has 1 fully saturated rings.